The van der Waals surface area contributed by atoms with Crippen LogP contribution in [-0.2, 0) is 17.8 Å². The molecule has 2 aromatic rings. The van der Waals surface area contributed by atoms with Crippen molar-refractivity contribution in [2.45, 2.75) is 32.8 Å². The summed E-state index contributed by atoms with van der Waals surface area (Å²) in [5.74, 6) is 1.41. The monoisotopic (exact) mass is 358 g/mol. The number of carbonyl (C=O) groups is 1. The van der Waals surface area contributed by atoms with Gasteiger partial charge in [-0.1, -0.05) is 35.5 Å². The van der Waals surface area contributed by atoms with Crippen LogP contribution in [0.15, 0.2) is 34.9 Å². The number of urea groups is 1. The quantitative estimate of drug-likeness (QED) is 0.679. The number of amides is 2. The molecule has 1 aromatic heterocycles. The molecule has 1 fully saturated rings. The number of carbonyl (C=O) groups excluding carboxylic acids is 1. The van der Waals surface area contributed by atoms with Crippen molar-refractivity contribution in [3.8, 4) is 0 Å². The molecule has 7 nitrogen and oxygen atoms in total. The van der Waals surface area contributed by atoms with Crippen LogP contribution in [0.3, 0.4) is 0 Å². The van der Waals surface area contributed by atoms with Crippen LogP contribution in [0.5, 0.6) is 0 Å². The number of nitrogens with zero attached hydrogens (tertiary/aromatic N) is 4. The van der Waals surface area contributed by atoms with E-state index in [0.717, 1.165) is 18.7 Å². The number of aromatic nitrogens is 2. The van der Waals surface area contributed by atoms with E-state index in [2.05, 4.69) is 10.1 Å². The highest BCUT2D eigenvalue weighted by atomic mass is 16.5. The highest BCUT2D eigenvalue weighted by molar-refractivity contribution is 5.75. The van der Waals surface area contributed by atoms with E-state index >= 15 is 0 Å². The normalized spacial score (nSPS) is 14.3. The Bertz CT molecular complexity index is 694. The first-order valence-electron chi connectivity index (χ1n) is 9.19. The number of hydrogen-bond donors (Lipinski definition) is 0. The van der Waals surface area contributed by atoms with Crippen molar-refractivity contribution in [3.05, 3.63) is 47.6 Å². The second kappa shape index (κ2) is 8.80. The number of rotatable bonds is 8. The van der Waals surface area contributed by atoms with Crippen LogP contribution < -0.4 is 0 Å². The van der Waals surface area contributed by atoms with Gasteiger partial charge in [0.1, 0.15) is 0 Å². The maximum atomic E-state index is 12.2. The van der Waals surface area contributed by atoms with Gasteiger partial charge in [0, 0.05) is 32.6 Å². The molecule has 0 bridgehead atoms. The van der Waals surface area contributed by atoms with E-state index < -0.39 is 0 Å². The number of ether oxygens (including phenoxy) is 1. The summed E-state index contributed by atoms with van der Waals surface area (Å²) in [5, 5.41) is 4.02. The Labute approximate surface area is 153 Å². The van der Waals surface area contributed by atoms with Gasteiger partial charge in [0.2, 0.25) is 5.89 Å². The van der Waals surface area contributed by atoms with E-state index in [-0.39, 0.29) is 11.9 Å². The first-order valence-corrected chi connectivity index (χ1v) is 9.19. The predicted octanol–water partition coefficient (Wildman–Crippen LogP) is 2.69. The summed E-state index contributed by atoms with van der Waals surface area (Å²) in [5.41, 5.74) is 1.15. The van der Waals surface area contributed by atoms with Gasteiger partial charge in [-0.05, 0) is 19.4 Å². The summed E-state index contributed by atoms with van der Waals surface area (Å²) in [6.45, 7) is 7.84. The third-order valence-electron chi connectivity index (χ3n) is 4.60. The van der Waals surface area contributed by atoms with Crippen molar-refractivity contribution in [1.82, 2.24) is 19.9 Å². The highest BCUT2D eigenvalue weighted by Gasteiger charge is 2.36. The topological polar surface area (TPSA) is 71.7 Å². The molecule has 1 aliphatic heterocycles. The maximum absolute atomic E-state index is 12.2. The van der Waals surface area contributed by atoms with Crippen molar-refractivity contribution >= 4 is 6.03 Å². The fraction of sp³-hybridized carbons (Fsp3) is 0.526. The lowest BCUT2D eigenvalue weighted by atomic mass is 10.0. The molecule has 0 aliphatic carbocycles. The van der Waals surface area contributed by atoms with Crippen LogP contribution in [0.1, 0.15) is 37.0 Å². The molecule has 7 heteroatoms. The molecule has 0 spiro atoms. The van der Waals surface area contributed by atoms with Gasteiger partial charge in [0.05, 0.1) is 19.1 Å². The molecule has 0 N–H and O–H groups in total. The highest BCUT2D eigenvalue weighted by Crippen LogP contribution is 2.26. The lowest BCUT2D eigenvalue weighted by molar-refractivity contribution is 0.107. The molecule has 3 rings (SSSR count). The Hall–Kier alpha value is -2.41. The Kier molecular flexibility index (Phi) is 6.22. The molecular formula is C19H26N4O3. The molecule has 140 valence electrons. The Balaban J connectivity index is 1.39. The lowest BCUT2D eigenvalue weighted by Gasteiger charge is -2.39. The second-order valence-corrected chi connectivity index (χ2v) is 6.39. The Morgan fingerprint density at radius 1 is 1.27 bits per heavy atom. The van der Waals surface area contributed by atoms with Gasteiger partial charge in [-0.3, -0.25) is 0 Å². The minimum absolute atomic E-state index is 0.0836. The number of likely N-dealkylation sites (tertiary alicyclic amines) is 1. The van der Waals surface area contributed by atoms with Crippen molar-refractivity contribution < 1.29 is 14.1 Å². The van der Waals surface area contributed by atoms with E-state index in [1.54, 1.807) is 0 Å². The van der Waals surface area contributed by atoms with E-state index in [0.29, 0.717) is 44.4 Å². The van der Waals surface area contributed by atoms with E-state index in [4.69, 9.17) is 9.26 Å². The molecule has 0 unspecified atom stereocenters. The zero-order chi connectivity index (χ0) is 18.4. The SMILES string of the molecule is CCN(CC)C(=O)N1CC(c2nc(CCOCc3ccccc3)no2)C1. The van der Waals surface area contributed by atoms with Gasteiger partial charge < -0.3 is 19.1 Å². The molecule has 26 heavy (non-hydrogen) atoms. The number of hydrogen-bond acceptors (Lipinski definition) is 5. The van der Waals surface area contributed by atoms with E-state index in [1.807, 2.05) is 54.0 Å². The van der Waals surface area contributed by atoms with Crippen LogP contribution in [0.4, 0.5) is 4.79 Å². The van der Waals surface area contributed by atoms with Gasteiger partial charge in [-0.15, -0.1) is 0 Å². The standard InChI is InChI=1S/C19H26N4O3/c1-3-22(4-2)19(24)23-12-16(13-23)18-20-17(21-26-18)10-11-25-14-15-8-6-5-7-9-15/h5-9,16H,3-4,10-14H2,1-2H3. The predicted molar refractivity (Wildman–Crippen MR) is 96.7 cm³/mol. The van der Waals surface area contributed by atoms with Crippen molar-refractivity contribution in [2.75, 3.05) is 32.8 Å². The molecule has 0 atom stereocenters. The van der Waals surface area contributed by atoms with Crippen LogP contribution in [0, 0.1) is 0 Å². The molecule has 1 saturated heterocycles. The van der Waals surface area contributed by atoms with Crippen LogP contribution in [0.2, 0.25) is 0 Å². The van der Waals surface area contributed by atoms with Crippen LogP contribution >= 0.6 is 0 Å². The molecule has 2 amide bonds. The lowest BCUT2D eigenvalue weighted by Crippen LogP contribution is -2.53. The smallest absolute Gasteiger partial charge is 0.320 e. The van der Waals surface area contributed by atoms with Gasteiger partial charge in [0.25, 0.3) is 0 Å². The van der Waals surface area contributed by atoms with Crippen molar-refractivity contribution in [1.29, 1.82) is 0 Å². The summed E-state index contributed by atoms with van der Waals surface area (Å²) in [6.07, 6.45) is 0.616. The summed E-state index contributed by atoms with van der Waals surface area (Å²) < 4.78 is 11.0. The fourth-order valence-electron chi connectivity index (χ4n) is 2.95. The molecular weight excluding hydrogens is 332 g/mol. The maximum Gasteiger partial charge on any atom is 0.320 e. The largest absolute Gasteiger partial charge is 0.376 e. The zero-order valence-corrected chi connectivity index (χ0v) is 15.4. The number of benzene rings is 1. The molecule has 0 saturated carbocycles. The summed E-state index contributed by atoms with van der Waals surface area (Å²) in [6, 6.07) is 10.1. The molecule has 2 heterocycles. The van der Waals surface area contributed by atoms with Crippen molar-refractivity contribution in [3.63, 3.8) is 0 Å². The van der Waals surface area contributed by atoms with Gasteiger partial charge >= 0.3 is 6.03 Å². The van der Waals surface area contributed by atoms with E-state index in [1.165, 1.54) is 0 Å². The molecule has 0 radical (unpaired) electrons. The Morgan fingerprint density at radius 2 is 2.00 bits per heavy atom. The third-order valence-corrected chi connectivity index (χ3v) is 4.60. The van der Waals surface area contributed by atoms with Gasteiger partial charge in [-0.25, -0.2) is 4.79 Å². The third kappa shape index (κ3) is 4.40. The van der Waals surface area contributed by atoms with Gasteiger partial charge in [-0.2, -0.15) is 4.98 Å². The fourth-order valence-corrected chi connectivity index (χ4v) is 2.95. The second-order valence-electron chi connectivity index (χ2n) is 6.39. The molecule has 1 aliphatic rings. The minimum Gasteiger partial charge on any atom is -0.376 e. The van der Waals surface area contributed by atoms with Crippen molar-refractivity contribution in [2.24, 2.45) is 0 Å². The molecule has 1 aromatic carbocycles. The van der Waals surface area contributed by atoms with Crippen LogP contribution in [-0.4, -0.2) is 58.8 Å². The van der Waals surface area contributed by atoms with Crippen LogP contribution in [0.25, 0.3) is 0 Å². The summed E-state index contributed by atoms with van der Waals surface area (Å²) >= 11 is 0. The first-order chi connectivity index (χ1) is 12.7. The summed E-state index contributed by atoms with van der Waals surface area (Å²) in [7, 11) is 0. The summed E-state index contributed by atoms with van der Waals surface area (Å²) in [4.78, 5) is 20.3. The Morgan fingerprint density at radius 3 is 2.69 bits per heavy atom. The zero-order valence-electron chi connectivity index (χ0n) is 15.4. The first kappa shape index (κ1) is 18.4. The average molecular weight is 358 g/mol. The van der Waals surface area contributed by atoms with Gasteiger partial charge in [0.15, 0.2) is 5.82 Å². The average Bonchev–Trinajstić information content (AvgIpc) is 3.08. The minimum atomic E-state index is 0.0836. The van der Waals surface area contributed by atoms with E-state index in [9.17, 15) is 4.79 Å².